The number of nitrogens with one attached hydrogen (secondary N) is 1. The molecule has 2 saturated heterocycles. The maximum Gasteiger partial charge on any atom is 0.255 e. The molecule has 0 atom stereocenters. The van der Waals surface area contributed by atoms with Gasteiger partial charge in [0.15, 0.2) is 0 Å². The number of morpholine rings is 2. The van der Waals surface area contributed by atoms with E-state index >= 15 is 0 Å². The second kappa shape index (κ2) is 11.7. The number of nitrogens with zero attached hydrogens (tertiary/aromatic N) is 2. The quantitative estimate of drug-likeness (QED) is 0.550. The minimum Gasteiger partial charge on any atom is -0.379 e. The molecule has 1 amide bonds. The zero-order valence-electron chi connectivity index (χ0n) is 19.4. The molecule has 0 aromatic heterocycles. The van der Waals surface area contributed by atoms with Gasteiger partial charge in [-0.05, 0) is 35.6 Å². The van der Waals surface area contributed by atoms with Crippen LogP contribution in [0.1, 0.15) is 21.5 Å². The molecule has 2 heterocycles. The lowest BCUT2D eigenvalue weighted by molar-refractivity contribution is 0.0300. The lowest BCUT2D eigenvalue weighted by atomic mass is 10.1. The van der Waals surface area contributed by atoms with Crippen LogP contribution in [0.3, 0.4) is 0 Å². The van der Waals surface area contributed by atoms with Crippen molar-refractivity contribution in [2.45, 2.75) is 22.9 Å². The van der Waals surface area contributed by atoms with Crippen molar-refractivity contribution >= 4 is 27.7 Å². The molecule has 2 aromatic carbocycles. The van der Waals surface area contributed by atoms with Gasteiger partial charge in [-0.25, -0.2) is 13.1 Å². The van der Waals surface area contributed by atoms with Crippen molar-refractivity contribution in [1.29, 1.82) is 0 Å². The van der Waals surface area contributed by atoms with Gasteiger partial charge in [-0.3, -0.25) is 9.69 Å². The number of hydrogen-bond donors (Lipinski definition) is 1. The van der Waals surface area contributed by atoms with E-state index in [-0.39, 0.29) is 17.3 Å². The largest absolute Gasteiger partial charge is 0.379 e. The molecule has 0 radical (unpaired) electrons. The Bertz CT molecular complexity index is 1100. The molecule has 2 aromatic rings. The molecule has 0 bridgehead atoms. The fourth-order valence-corrected chi connectivity index (χ4v) is 5.69. The molecule has 2 fully saturated rings. The fraction of sp³-hybridized carbons (Fsp3) is 0.458. The highest BCUT2D eigenvalue weighted by atomic mass is 32.2. The normalized spacial score (nSPS) is 17.6. The Morgan fingerprint density at radius 1 is 0.971 bits per heavy atom. The third-order valence-corrected chi connectivity index (χ3v) is 8.17. The molecule has 34 heavy (non-hydrogen) atoms. The summed E-state index contributed by atoms with van der Waals surface area (Å²) >= 11 is 1.43. The van der Waals surface area contributed by atoms with Gasteiger partial charge in [-0.1, -0.05) is 24.3 Å². The van der Waals surface area contributed by atoms with Crippen molar-refractivity contribution in [3.63, 3.8) is 0 Å². The summed E-state index contributed by atoms with van der Waals surface area (Å²) in [5.74, 6) is -0.166. The number of hydrogen-bond acceptors (Lipinski definition) is 7. The Balaban J connectivity index is 1.46. The van der Waals surface area contributed by atoms with Crippen molar-refractivity contribution in [3.05, 3.63) is 59.2 Å². The van der Waals surface area contributed by atoms with Gasteiger partial charge in [-0.2, -0.15) is 0 Å². The number of carbonyl (C=O) groups excluding carboxylic acids is 1. The number of rotatable bonds is 8. The lowest BCUT2D eigenvalue weighted by Gasteiger charge is -2.27. The second-order valence-electron chi connectivity index (χ2n) is 8.30. The first-order valence-electron chi connectivity index (χ1n) is 11.4. The van der Waals surface area contributed by atoms with Gasteiger partial charge >= 0.3 is 0 Å². The number of amides is 1. The average molecular weight is 506 g/mol. The van der Waals surface area contributed by atoms with E-state index in [0.717, 1.165) is 48.9 Å². The fourth-order valence-electron chi connectivity index (χ4n) is 4.08. The monoisotopic (exact) mass is 505 g/mol. The summed E-state index contributed by atoms with van der Waals surface area (Å²) in [6.07, 6.45) is 1.88. The summed E-state index contributed by atoms with van der Waals surface area (Å²) in [6, 6.07) is 12.7. The van der Waals surface area contributed by atoms with E-state index in [0.29, 0.717) is 31.9 Å². The maximum atomic E-state index is 13.1. The Labute approximate surface area is 205 Å². The first kappa shape index (κ1) is 25.2. The van der Waals surface area contributed by atoms with Crippen LogP contribution < -0.4 is 4.72 Å². The number of ether oxygens (including phenoxy) is 2. The van der Waals surface area contributed by atoms with Gasteiger partial charge in [-0.15, -0.1) is 11.8 Å². The number of carbonyl (C=O) groups is 1. The van der Waals surface area contributed by atoms with Crippen LogP contribution in [-0.2, 0) is 32.6 Å². The van der Waals surface area contributed by atoms with Crippen molar-refractivity contribution in [2.75, 3.05) is 58.9 Å². The second-order valence-corrected chi connectivity index (χ2v) is 10.9. The SMILES string of the molecule is CSc1ccc(S(=O)(=O)NCc2cccc(CN3CCOCC3)c2)cc1C(=O)N1CCOCC1. The van der Waals surface area contributed by atoms with E-state index in [2.05, 4.69) is 15.7 Å². The van der Waals surface area contributed by atoms with Crippen LogP contribution in [0.5, 0.6) is 0 Å². The van der Waals surface area contributed by atoms with Gasteiger partial charge in [0.1, 0.15) is 0 Å². The molecule has 2 aliphatic heterocycles. The summed E-state index contributed by atoms with van der Waals surface area (Å²) in [4.78, 5) is 18.0. The van der Waals surface area contributed by atoms with Gasteiger partial charge in [0, 0.05) is 44.2 Å². The third-order valence-electron chi connectivity index (χ3n) is 5.98. The molecular formula is C24H31N3O5S2. The standard InChI is InChI=1S/C24H31N3O5S2/c1-33-23-6-5-21(16-22(23)24(28)27-9-13-32-14-10-27)34(29,30)25-17-19-3-2-4-20(15-19)18-26-7-11-31-12-8-26/h2-6,15-16,25H,7-14,17-18H2,1H3. The molecule has 2 aliphatic rings. The predicted octanol–water partition coefficient (Wildman–Crippen LogP) is 2.19. The average Bonchev–Trinajstić information content (AvgIpc) is 2.88. The van der Waals surface area contributed by atoms with E-state index in [4.69, 9.17) is 9.47 Å². The van der Waals surface area contributed by atoms with Gasteiger partial charge in [0.05, 0.1) is 36.9 Å². The zero-order valence-corrected chi connectivity index (χ0v) is 21.0. The molecule has 0 unspecified atom stereocenters. The Morgan fingerprint density at radius 3 is 2.35 bits per heavy atom. The maximum absolute atomic E-state index is 13.1. The molecule has 8 nitrogen and oxygen atoms in total. The van der Waals surface area contributed by atoms with E-state index in [1.54, 1.807) is 17.0 Å². The van der Waals surface area contributed by atoms with Crippen LogP contribution in [0.15, 0.2) is 52.3 Å². The number of thioether (sulfide) groups is 1. The van der Waals surface area contributed by atoms with Crippen LogP contribution in [0.25, 0.3) is 0 Å². The smallest absolute Gasteiger partial charge is 0.255 e. The molecule has 4 rings (SSSR count). The van der Waals surface area contributed by atoms with E-state index < -0.39 is 10.0 Å². The van der Waals surface area contributed by atoms with E-state index in [9.17, 15) is 13.2 Å². The first-order valence-corrected chi connectivity index (χ1v) is 14.1. The highest BCUT2D eigenvalue weighted by Crippen LogP contribution is 2.25. The molecule has 0 aliphatic carbocycles. The zero-order chi connectivity index (χ0) is 24.0. The van der Waals surface area contributed by atoms with Gasteiger partial charge in [0.25, 0.3) is 5.91 Å². The van der Waals surface area contributed by atoms with Crippen LogP contribution in [0.2, 0.25) is 0 Å². The Kier molecular flexibility index (Phi) is 8.62. The summed E-state index contributed by atoms with van der Waals surface area (Å²) in [5.41, 5.74) is 2.44. The van der Waals surface area contributed by atoms with Crippen LogP contribution in [-0.4, -0.2) is 83.0 Å². The Hall–Kier alpha value is -1.95. The van der Waals surface area contributed by atoms with Crippen molar-refractivity contribution in [1.82, 2.24) is 14.5 Å². The molecule has 0 spiro atoms. The minimum atomic E-state index is -3.79. The number of benzene rings is 2. The highest BCUT2D eigenvalue weighted by Gasteiger charge is 2.24. The van der Waals surface area contributed by atoms with Crippen LogP contribution in [0.4, 0.5) is 0 Å². The number of sulfonamides is 1. The first-order chi connectivity index (χ1) is 16.5. The van der Waals surface area contributed by atoms with Crippen LogP contribution in [0, 0.1) is 0 Å². The van der Waals surface area contributed by atoms with Gasteiger partial charge < -0.3 is 14.4 Å². The van der Waals surface area contributed by atoms with Crippen LogP contribution >= 0.6 is 11.8 Å². The van der Waals surface area contributed by atoms with E-state index in [1.165, 1.54) is 17.8 Å². The Morgan fingerprint density at radius 2 is 1.65 bits per heavy atom. The topological polar surface area (TPSA) is 88.2 Å². The van der Waals surface area contributed by atoms with E-state index in [1.807, 2.05) is 24.5 Å². The van der Waals surface area contributed by atoms with Gasteiger partial charge in [0.2, 0.25) is 10.0 Å². The lowest BCUT2D eigenvalue weighted by Crippen LogP contribution is -2.41. The molecule has 10 heteroatoms. The minimum absolute atomic E-state index is 0.0892. The van der Waals surface area contributed by atoms with Crippen molar-refractivity contribution < 1.29 is 22.7 Å². The summed E-state index contributed by atoms with van der Waals surface area (Å²) in [7, 11) is -3.79. The molecule has 1 N–H and O–H groups in total. The highest BCUT2D eigenvalue weighted by molar-refractivity contribution is 7.98. The van der Waals surface area contributed by atoms with Crippen molar-refractivity contribution in [2.24, 2.45) is 0 Å². The summed E-state index contributed by atoms with van der Waals surface area (Å²) < 4.78 is 39.6. The molecule has 0 saturated carbocycles. The summed E-state index contributed by atoms with van der Waals surface area (Å²) in [6.45, 7) is 6.25. The van der Waals surface area contributed by atoms with Crippen molar-refractivity contribution in [3.8, 4) is 0 Å². The predicted molar refractivity (Wildman–Crippen MR) is 132 cm³/mol. The summed E-state index contributed by atoms with van der Waals surface area (Å²) in [5, 5.41) is 0. The third kappa shape index (κ3) is 6.38. The molecular weight excluding hydrogens is 474 g/mol. The molecule has 184 valence electrons.